The highest BCUT2D eigenvalue weighted by atomic mass is 16.5. The Hall–Kier alpha value is -3.02. The molecule has 0 spiro atoms. The lowest BCUT2D eigenvalue weighted by Gasteiger charge is -2.16. The molecule has 0 atom stereocenters. The van der Waals surface area contributed by atoms with Crippen molar-refractivity contribution in [2.75, 3.05) is 19.8 Å². The van der Waals surface area contributed by atoms with E-state index in [-0.39, 0.29) is 5.91 Å². The summed E-state index contributed by atoms with van der Waals surface area (Å²) < 4.78 is 17.0. The normalized spacial score (nSPS) is 10.8. The third-order valence-corrected chi connectivity index (χ3v) is 3.98. The van der Waals surface area contributed by atoms with Crippen LogP contribution in [0.5, 0.6) is 17.2 Å². The summed E-state index contributed by atoms with van der Waals surface area (Å²) in [5.74, 6) is 1.09. The molecular formula is C22H28N2O4. The molecule has 0 aliphatic heterocycles. The molecule has 0 bridgehead atoms. The molecule has 0 radical (unpaired) electrons. The highest BCUT2D eigenvalue weighted by molar-refractivity contribution is 5.96. The van der Waals surface area contributed by atoms with Crippen molar-refractivity contribution in [3.05, 3.63) is 52.6 Å². The van der Waals surface area contributed by atoms with Gasteiger partial charge in [0.2, 0.25) is 5.75 Å². The Morgan fingerprint density at radius 2 is 1.57 bits per heavy atom. The number of nitrogens with one attached hydrogen (secondary N) is 1. The molecule has 1 amide bonds. The van der Waals surface area contributed by atoms with E-state index >= 15 is 0 Å². The van der Waals surface area contributed by atoms with Crippen LogP contribution >= 0.6 is 0 Å². The van der Waals surface area contributed by atoms with E-state index in [1.807, 2.05) is 52.8 Å². The lowest BCUT2D eigenvalue weighted by molar-refractivity contribution is 0.0954. The Morgan fingerprint density at radius 1 is 0.964 bits per heavy atom. The van der Waals surface area contributed by atoms with E-state index in [9.17, 15) is 4.79 Å². The summed E-state index contributed by atoms with van der Waals surface area (Å²) >= 11 is 0. The fourth-order valence-corrected chi connectivity index (χ4v) is 2.64. The van der Waals surface area contributed by atoms with Crippen LogP contribution in [0.25, 0.3) is 0 Å². The predicted molar refractivity (Wildman–Crippen MR) is 111 cm³/mol. The zero-order valence-corrected chi connectivity index (χ0v) is 17.2. The number of hydrogen-bond donors (Lipinski definition) is 1. The van der Waals surface area contributed by atoms with Gasteiger partial charge >= 0.3 is 0 Å². The van der Waals surface area contributed by atoms with E-state index in [4.69, 9.17) is 14.2 Å². The van der Waals surface area contributed by atoms with Gasteiger partial charge in [0.15, 0.2) is 11.5 Å². The number of benzene rings is 2. The van der Waals surface area contributed by atoms with E-state index in [0.717, 1.165) is 16.7 Å². The maximum atomic E-state index is 12.6. The Labute approximate surface area is 166 Å². The average Bonchev–Trinajstić information content (AvgIpc) is 2.67. The minimum Gasteiger partial charge on any atom is -0.490 e. The first-order chi connectivity index (χ1) is 13.5. The number of hydrazone groups is 1. The van der Waals surface area contributed by atoms with E-state index < -0.39 is 0 Å². The van der Waals surface area contributed by atoms with Crippen molar-refractivity contribution in [1.29, 1.82) is 0 Å². The molecule has 0 fully saturated rings. The molecule has 0 aliphatic carbocycles. The first kappa shape index (κ1) is 21.3. The minimum absolute atomic E-state index is 0.355. The molecule has 0 unspecified atom stereocenters. The Balaban J connectivity index is 2.26. The van der Waals surface area contributed by atoms with Gasteiger partial charge in [-0.1, -0.05) is 23.8 Å². The molecule has 2 aromatic carbocycles. The van der Waals surface area contributed by atoms with Crippen molar-refractivity contribution < 1.29 is 19.0 Å². The van der Waals surface area contributed by atoms with Crippen molar-refractivity contribution in [1.82, 2.24) is 5.43 Å². The summed E-state index contributed by atoms with van der Waals surface area (Å²) in [6, 6.07) is 9.35. The van der Waals surface area contributed by atoms with Crippen LogP contribution in [-0.2, 0) is 0 Å². The van der Waals surface area contributed by atoms with Gasteiger partial charge in [-0.2, -0.15) is 5.10 Å². The largest absolute Gasteiger partial charge is 0.490 e. The second-order valence-corrected chi connectivity index (χ2v) is 6.16. The van der Waals surface area contributed by atoms with E-state index in [1.165, 1.54) is 0 Å². The summed E-state index contributed by atoms with van der Waals surface area (Å²) in [6.45, 7) is 11.0. The number of aryl methyl sites for hydroxylation is 2. The minimum atomic E-state index is -0.355. The van der Waals surface area contributed by atoms with Crippen LogP contribution in [-0.4, -0.2) is 31.9 Å². The van der Waals surface area contributed by atoms with Crippen molar-refractivity contribution in [3.63, 3.8) is 0 Å². The molecule has 0 aromatic heterocycles. The summed E-state index contributed by atoms with van der Waals surface area (Å²) in [5, 5.41) is 4.09. The third-order valence-electron chi connectivity index (χ3n) is 3.98. The van der Waals surface area contributed by atoms with Crippen LogP contribution in [0.3, 0.4) is 0 Å². The number of carbonyl (C=O) groups excluding carboxylic acids is 1. The number of hydrogen-bond acceptors (Lipinski definition) is 5. The van der Waals surface area contributed by atoms with Gasteiger partial charge in [0.1, 0.15) is 0 Å². The second kappa shape index (κ2) is 10.3. The Kier molecular flexibility index (Phi) is 7.87. The molecule has 0 saturated heterocycles. The van der Waals surface area contributed by atoms with Crippen molar-refractivity contribution >= 4 is 12.1 Å². The number of ether oxygens (including phenoxy) is 3. The van der Waals surface area contributed by atoms with Crippen LogP contribution in [0.2, 0.25) is 0 Å². The van der Waals surface area contributed by atoms with Gasteiger partial charge in [0.05, 0.1) is 26.0 Å². The van der Waals surface area contributed by atoms with Gasteiger partial charge in [0.25, 0.3) is 5.91 Å². The van der Waals surface area contributed by atoms with E-state index in [0.29, 0.717) is 42.6 Å². The number of carbonyl (C=O) groups is 1. The topological polar surface area (TPSA) is 69.2 Å². The first-order valence-electron chi connectivity index (χ1n) is 9.47. The lowest BCUT2D eigenvalue weighted by Crippen LogP contribution is -2.18. The van der Waals surface area contributed by atoms with Crippen molar-refractivity contribution in [2.24, 2.45) is 5.10 Å². The number of nitrogens with zero attached hydrogens (tertiary/aromatic N) is 1. The highest BCUT2D eigenvalue weighted by Gasteiger charge is 2.18. The van der Waals surface area contributed by atoms with E-state index in [1.54, 1.807) is 18.3 Å². The highest BCUT2D eigenvalue weighted by Crippen LogP contribution is 2.39. The molecule has 0 aliphatic rings. The van der Waals surface area contributed by atoms with Crippen LogP contribution in [0.1, 0.15) is 47.8 Å². The summed E-state index contributed by atoms with van der Waals surface area (Å²) in [5.41, 5.74) is 6.12. The van der Waals surface area contributed by atoms with Gasteiger partial charge in [-0.15, -0.1) is 0 Å². The van der Waals surface area contributed by atoms with Gasteiger partial charge in [-0.05, 0) is 57.9 Å². The molecule has 150 valence electrons. The number of amides is 1. The van der Waals surface area contributed by atoms with Gasteiger partial charge in [0, 0.05) is 5.56 Å². The summed E-state index contributed by atoms with van der Waals surface area (Å²) in [7, 11) is 0. The molecule has 6 heteroatoms. The molecule has 2 rings (SSSR count). The maximum Gasteiger partial charge on any atom is 0.271 e. The third kappa shape index (κ3) is 5.49. The van der Waals surface area contributed by atoms with Crippen LogP contribution in [0.4, 0.5) is 0 Å². The maximum absolute atomic E-state index is 12.6. The molecule has 1 N–H and O–H groups in total. The molecular weight excluding hydrogens is 356 g/mol. The predicted octanol–water partition coefficient (Wildman–Crippen LogP) is 4.26. The zero-order valence-electron chi connectivity index (χ0n) is 17.2. The van der Waals surface area contributed by atoms with Crippen LogP contribution < -0.4 is 19.6 Å². The fraction of sp³-hybridized carbons (Fsp3) is 0.364. The van der Waals surface area contributed by atoms with Crippen molar-refractivity contribution in [3.8, 4) is 17.2 Å². The summed E-state index contributed by atoms with van der Waals surface area (Å²) in [4.78, 5) is 12.6. The van der Waals surface area contributed by atoms with Gasteiger partial charge in [-0.3, -0.25) is 4.79 Å². The number of rotatable bonds is 9. The van der Waals surface area contributed by atoms with E-state index in [2.05, 4.69) is 10.5 Å². The molecule has 2 aromatic rings. The quantitative estimate of drug-likeness (QED) is 0.518. The first-order valence-corrected chi connectivity index (χ1v) is 9.47. The lowest BCUT2D eigenvalue weighted by atomic mass is 10.1. The Bertz CT molecular complexity index is 819. The van der Waals surface area contributed by atoms with Crippen molar-refractivity contribution in [2.45, 2.75) is 34.6 Å². The standard InChI is InChI=1S/C22H28N2O4/c1-6-26-19-12-17(13-20(27-7-2)21(19)28-8-3)22(25)24-23-14-18-11-15(4)9-10-16(18)5/h9-14H,6-8H2,1-5H3,(H,24,25)/b23-14-. The molecule has 6 nitrogen and oxygen atoms in total. The fourth-order valence-electron chi connectivity index (χ4n) is 2.64. The second-order valence-electron chi connectivity index (χ2n) is 6.16. The van der Waals surface area contributed by atoms with Gasteiger partial charge in [-0.25, -0.2) is 5.43 Å². The molecule has 28 heavy (non-hydrogen) atoms. The molecule has 0 heterocycles. The average molecular weight is 384 g/mol. The van der Waals surface area contributed by atoms with Crippen LogP contribution in [0, 0.1) is 13.8 Å². The Morgan fingerprint density at radius 3 is 2.14 bits per heavy atom. The monoisotopic (exact) mass is 384 g/mol. The summed E-state index contributed by atoms with van der Waals surface area (Å²) in [6.07, 6.45) is 1.64. The SMILES string of the molecule is CCOc1cc(C(=O)N/N=C\c2cc(C)ccc2C)cc(OCC)c1OCC. The zero-order chi connectivity index (χ0) is 20.5. The van der Waals surface area contributed by atoms with Gasteiger partial charge < -0.3 is 14.2 Å². The molecule has 0 saturated carbocycles. The van der Waals surface area contributed by atoms with Crippen LogP contribution in [0.15, 0.2) is 35.4 Å². The smallest absolute Gasteiger partial charge is 0.271 e.